The zero-order chi connectivity index (χ0) is 10.3. The second-order valence-corrected chi connectivity index (χ2v) is 4.15. The van der Waals surface area contributed by atoms with E-state index in [1.807, 2.05) is 11.8 Å². The van der Waals surface area contributed by atoms with Gasteiger partial charge in [0.25, 0.3) is 0 Å². The van der Waals surface area contributed by atoms with Gasteiger partial charge in [-0.1, -0.05) is 0 Å². The number of carbonyl (C=O) groups excluding carboxylic acids is 2. The normalized spacial score (nSPS) is 39.1. The second kappa shape index (κ2) is 3.33. The summed E-state index contributed by atoms with van der Waals surface area (Å²) in [7, 11) is 0. The van der Waals surface area contributed by atoms with Crippen molar-refractivity contribution >= 4 is 11.8 Å². The molecule has 1 saturated carbocycles. The average Bonchev–Trinajstić information content (AvgIpc) is 2.06. The first-order valence-electron chi connectivity index (χ1n) is 4.93. The Bertz CT molecular complexity index is 273. The first kappa shape index (κ1) is 9.61. The third-order valence-corrected chi connectivity index (χ3v) is 3.08. The van der Waals surface area contributed by atoms with Crippen molar-refractivity contribution in [2.45, 2.75) is 37.9 Å². The Kier molecular flexibility index (Phi) is 2.28. The van der Waals surface area contributed by atoms with Crippen LogP contribution in [-0.4, -0.2) is 41.4 Å². The van der Waals surface area contributed by atoms with Crippen LogP contribution in [0, 0.1) is 0 Å². The van der Waals surface area contributed by atoms with Crippen LogP contribution < -0.4 is 11.1 Å². The van der Waals surface area contributed by atoms with E-state index >= 15 is 0 Å². The van der Waals surface area contributed by atoms with E-state index in [0.717, 1.165) is 12.8 Å². The van der Waals surface area contributed by atoms with Gasteiger partial charge in [0.05, 0.1) is 12.6 Å². The van der Waals surface area contributed by atoms with Gasteiger partial charge in [0.15, 0.2) is 0 Å². The molecule has 1 heterocycles. The van der Waals surface area contributed by atoms with Gasteiger partial charge in [0.1, 0.15) is 0 Å². The highest BCUT2D eigenvalue weighted by Crippen LogP contribution is 2.26. The molecule has 0 aromatic rings. The molecule has 2 fully saturated rings. The molecule has 5 heteroatoms. The van der Waals surface area contributed by atoms with Gasteiger partial charge in [0.2, 0.25) is 11.8 Å². The van der Waals surface area contributed by atoms with Gasteiger partial charge in [-0.15, -0.1) is 0 Å². The van der Waals surface area contributed by atoms with Crippen LogP contribution in [-0.2, 0) is 9.59 Å². The highest BCUT2D eigenvalue weighted by Gasteiger charge is 2.39. The molecule has 1 aliphatic carbocycles. The van der Waals surface area contributed by atoms with E-state index in [0.29, 0.717) is 12.6 Å². The summed E-state index contributed by atoms with van der Waals surface area (Å²) in [5.74, 6) is -0.393. The van der Waals surface area contributed by atoms with Crippen LogP contribution in [0.3, 0.4) is 0 Å². The topological polar surface area (TPSA) is 75.4 Å². The molecule has 2 rings (SSSR count). The Balaban J connectivity index is 2.02. The van der Waals surface area contributed by atoms with Crippen molar-refractivity contribution in [3.05, 3.63) is 0 Å². The van der Waals surface area contributed by atoms with Crippen LogP contribution in [0.15, 0.2) is 0 Å². The predicted octanol–water partition coefficient (Wildman–Crippen LogP) is -1.18. The van der Waals surface area contributed by atoms with Crippen LogP contribution in [0.4, 0.5) is 0 Å². The molecular formula is C9H15N3O2. The molecule has 0 aromatic carbocycles. The lowest BCUT2D eigenvalue weighted by Gasteiger charge is -2.45. The van der Waals surface area contributed by atoms with Crippen molar-refractivity contribution in [1.82, 2.24) is 10.2 Å². The number of nitrogens with two attached hydrogens (primary N) is 1. The number of piperazine rings is 1. The summed E-state index contributed by atoms with van der Waals surface area (Å²) in [5, 5.41) is 2.32. The zero-order valence-corrected chi connectivity index (χ0v) is 8.19. The summed E-state index contributed by atoms with van der Waals surface area (Å²) in [5.41, 5.74) is 5.68. The summed E-state index contributed by atoms with van der Waals surface area (Å²) in [6, 6.07) is 0.354. The maximum atomic E-state index is 11.3. The fraction of sp³-hybridized carbons (Fsp3) is 0.778. The van der Waals surface area contributed by atoms with Crippen molar-refractivity contribution in [2.75, 3.05) is 6.54 Å². The molecule has 0 spiro atoms. The SMILES string of the molecule is CC1C(=O)NC(=O)CN1C1CC(N)C1. The molecule has 0 radical (unpaired) electrons. The lowest BCUT2D eigenvalue weighted by atomic mass is 9.85. The maximum absolute atomic E-state index is 11.3. The number of hydrogen-bond acceptors (Lipinski definition) is 4. The molecular weight excluding hydrogens is 182 g/mol. The monoisotopic (exact) mass is 197 g/mol. The predicted molar refractivity (Wildman–Crippen MR) is 50.3 cm³/mol. The standard InChI is InChI=1S/C9H15N3O2/c1-5-9(14)11-8(13)4-12(5)7-2-6(10)3-7/h5-7H,2-4,10H2,1H3,(H,11,13,14). The number of rotatable bonds is 1. The molecule has 1 saturated heterocycles. The Morgan fingerprint density at radius 3 is 2.64 bits per heavy atom. The van der Waals surface area contributed by atoms with E-state index in [9.17, 15) is 9.59 Å². The number of imide groups is 1. The number of hydrogen-bond donors (Lipinski definition) is 2. The van der Waals surface area contributed by atoms with E-state index in [4.69, 9.17) is 5.73 Å². The molecule has 1 atom stereocenters. The van der Waals surface area contributed by atoms with Gasteiger partial charge >= 0.3 is 0 Å². The van der Waals surface area contributed by atoms with Crippen molar-refractivity contribution in [3.8, 4) is 0 Å². The van der Waals surface area contributed by atoms with Gasteiger partial charge in [-0.3, -0.25) is 19.8 Å². The summed E-state index contributed by atoms with van der Waals surface area (Å²) in [6.07, 6.45) is 1.79. The third-order valence-electron chi connectivity index (χ3n) is 3.08. The van der Waals surface area contributed by atoms with E-state index in [2.05, 4.69) is 5.32 Å². The lowest BCUT2D eigenvalue weighted by molar-refractivity contribution is -0.142. The van der Waals surface area contributed by atoms with Crippen molar-refractivity contribution in [1.29, 1.82) is 0 Å². The molecule has 1 unspecified atom stereocenters. The Labute approximate surface area is 82.6 Å². The van der Waals surface area contributed by atoms with E-state index in [1.165, 1.54) is 0 Å². The van der Waals surface area contributed by atoms with Crippen LogP contribution in [0.25, 0.3) is 0 Å². The maximum Gasteiger partial charge on any atom is 0.243 e. The van der Waals surface area contributed by atoms with Crippen molar-refractivity contribution < 1.29 is 9.59 Å². The number of carbonyl (C=O) groups is 2. The highest BCUT2D eigenvalue weighted by atomic mass is 16.2. The Hall–Kier alpha value is -0.940. The number of nitrogens with one attached hydrogen (secondary N) is 1. The molecule has 5 nitrogen and oxygen atoms in total. The second-order valence-electron chi connectivity index (χ2n) is 4.15. The van der Waals surface area contributed by atoms with E-state index in [1.54, 1.807) is 0 Å². The zero-order valence-electron chi connectivity index (χ0n) is 8.19. The largest absolute Gasteiger partial charge is 0.328 e. The molecule has 0 bridgehead atoms. The molecule has 2 amide bonds. The van der Waals surface area contributed by atoms with Crippen molar-refractivity contribution in [2.24, 2.45) is 5.73 Å². The van der Waals surface area contributed by atoms with E-state index < -0.39 is 0 Å². The summed E-state index contributed by atoms with van der Waals surface area (Å²) >= 11 is 0. The molecule has 78 valence electrons. The highest BCUT2D eigenvalue weighted by molar-refractivity contribution is 6.00. The fourth-order valence-corrected chi connectivity index (χ4v) is 2.08. The van der Waals surface area contributed by atoms with E-state index in [-0.39, 0.29) is 23.9 Å². The smallest absolute Gasteiger partial charge is 0.243 e. The van der Waals surface area contributed by atoms with Gasteiger partial charge in [-0.25, -0.2) is 0 Å². The summed E-state index contributed by atoms with van der Waals surface area (Å²) in [6.45, 7) is 2.15. The van der Waals surface area contributed by atoms with Crippen molar-refractivity contribution in [3.63, 3.8) is 0 Å². The van der Waals surface area contributed by atoms with Gasteiger partial charge in [-0.05, 0) is 19.8 Å². The summed E-state index contributed by atoms with van der Waals surface area (Å²) < 4.78 is 0. The van der Waals surface area contributed by atoms with Gasteiger partial charge in [0, 0.05) is 12.1 Å². The Morgan fingerprint density at radius 1 is 1.43 bits per heavy atom. The minimum Gasteiger partial charge on any atom is -0.328 e. The minimum absolute atomic E-state index is 0.193. The first-order chi connectivity index (χ1) is 6.58. The quantitative estimate of drug-likeness (QED) is 0.519. The molecule has 3 N–H and O–H groups in total. The van der Waals surface area contributed by atoms with Crippen LogP contribution in [0.2, 0.25) is 0 Å². The fourth-order valence-electron chi connectivity index (χ4n) is 2.08. The first-order valence-corrected chi connectivity index (χ1v) is 4.93. The molecule has 14 heavy (non-hydrogen) atoms. The summed E-state index contributed by atoms with van der Waals surface area (Å²) in [4.78, 5) is 24.4. The lowest BCUT2D eigenvalue weighted by Crippen LogP contribution is -2.63. The van der Waals surface area contributed by atoms with Gasteiger partial charge in [-0.2, -0.15) is 0 Å². The molecule has 1 aliphatic heterocycles. The van der Waals surface area contributed by atoms with Crippen LogP contribution in [0.1, 0.15) is 19.8 Å². The third kappa shape index (κ3) is 1.53. The van der Waals surface area contributed by atoms with Crippen LogP contribution in [0.5, 0.6) is 0 Å². The minimum atomic E-state index is -0.204. The number of nitrogens with zero attached hydrogens (tertiary/aromatic N) is 1. The number of amides is 2. The molecule has 2 aliphatic rings. The molecule has 0 aromatic heterocycles. The average molecular weight is 197 g/mol. The van der Waals surface area contributed by atoms with Gasteiger partial charge < -0.3 is 5.73 Å². The van der Waals surface area contributed by atoms with Crippen LogP contribution >= 0.6 is 0 Å². The Morgan fingerprint density at radius 2 is 2.07 bits per heavy atom.